The van der Waals surface area contributed by atoms with Crippen LogP contribution in [0, 0.1) is 0 Å². The smallest absolute Gasteiger partial charge is 0.256 e. The molecule has 3 aromatic carbocycles. The summed E-state index contributed by atoms with van der Waals surface area (Å²) < 4.78 is 0. The van der Waals surface area contributed by atoms with Crippen LogP contribution < -0.4 is 0 Å². The van der Waals surface area contributed by atoms with E-state index in [1.807, 2.05) is 65.6 Å². The second-order valence-electron chi connectivity index (χ2n) is 8.68. The number of pyridine rings is 2. The van der Waals surface area contributed by atoms with Gasteiger partial charge in [0.05, 0.1) is 28.8 Å². The molecule has 34 heavy (non-hydrogen) atoms. The van der Waals surface area contributed by atoms with Crippen LogP contribution in [0.5, 0.6) is 0 Å². The molecule has 4 heteroatoms. The Hall–Kier alpha value is -4.05. The molecule has 5 aromatic rings. The van der Waals surface area contributed by atoms with Crippen LogP contribution in [0.3, 0.4) is 0 Å². The lowest BCUT2D eigenvalue weighted by Crippen LogP contribution is -2.38. The van der Waals surface area contributed by atoms with E-state index in [0.29, 0.717) is 12.1 Å². The van der Waals surface area contributed by atoms with Crippen molar-refractivity contribution in [3.63, 3.8) is 0 Å². The molecule has 4 nitrogen and oxygen atoms in total. The van der Waals surface area contributed by atoms with Crippen molar-refractivity contribution in [1.82, 2.24) is 14.9 Å². The van der Waals surface area contributed by atoms with Gasteiger partial charge in [-0.15, -0.1) is 0 Å². The van der Waals surface area contributed by atoms with Crippen LogP contribution in [-0.4, -0.2) is 26.8 Å². The van der Waals surface area contributed by atoms with Gasteiger partial charge >= 0.3 is 0 Å². The monoisotopic (exact) mass is 445 g/mol. The van der Waals surface area contributed by atoms with Crippen LogP contribution in [0.2, 0.25) is 0 Å². The van der Waals surface area contributed by atoms with Gasteiger partial charge in [-0.05, 0) is 49.6 Å². The molecular weight excluding hydrogens is 418 g/mol. The number of aryl methyl sites for hydroxylation is 1. The zero-order valence-corrected chi connectivity index (χ0v) is 19.3. The van der Waals surface area contributed by atoms with Crippen molar-refractivity contribution >= 4 is 27.7 Å². The fraction of sp³-hybridized carbons (Fsp3) is 0.167. The molecule has 0 saturated heterocycles. The average molecular weight is 446 g/mol. The van der Waals surface area contributed by atoms with Gasteiger partial charge in [0.1, 0.15) is 0 Å². The molecule has 1 unspecified atom stereocenters. The van der Waals surface area contributed by atoms with Crippen LogP contribution in [0.15, 0.2) is 103 Å². The highest BCUT2D eigenvalue weighted by Gasteiger charge is 2.24. The zero-order chi connectivity index (χ0) is 23.3. The van der Waals surface area contributed by atoms with Gasteiger partial charge in [-0.25, -0.2) is 0 Å². The maximum absolute atomic E-state index is 13.9. The lowest BCUT2D eigenvalue weighted by atomic mass is 10.0. The van der Waals surface area contributed by atoms with Crippen LogP contribution >= 0.6 is 0 Å². The summed E-state index contributed by atoms with van der Waals surface area (Å²) in [5.74, 6) is -0.0141. The minimum atomic E-state index is -0.0141. The van der Waals surface area contributed by atoms with Gasteiger partial charge in [0.25, 0.3) is 5.91 Å². The Bertz CT molecular complexity index is 1430. The molecule has 0 bridgehead atoms. The molecule has 0 radical (unpaired) electrons. The van der Waals surface area contributed by atoms with Crippen LogP contribution in [0.1, 0.15) is 35.0 Å². The van der Waals surface area contributed by atoms with Crippen LogP contribution in [-0.2, 0) is 13.0 Å². The first-order valence-electron chi connectivity index (χ1n) is 11.7. The molecule has 0 saturated carbocycles. The van der Waals surface area contributed by atoms with E-state index in [1.54, 1.807) is 6.20 Å². The maximum atomic E-state index is 13.9. The van der Waals surface area contributed by atoms with E-state index in [1.165, 1.54) is 5.56 Å². The van der Waals surface area contributed by atoms with Crippen molar-refractivity contribution in [2.45, 2.75) is 32.4 Å². The van der Waals surface area contributed by atoms with Crippen molar-refractivity contribution in [3.8, 4) is 0 Å². The summed E-state index contributed by atoms with van der Waals surface area (Å²) in [7, 11) is 0. The van der Waals surface area contributed by atoms with Gasteiger partial charge in [0.2, 0.25) is 0 Å². The topological polar surface area (TPSA) is 46.1 Å². The molecule has 2 heterocycles. The minimum absolute atomic E-state index is 0.0141. The number of aromatic nitrogens is 2. The predicted octanol–water partition coefficient (Wildman–Crippen LogP) is 6.45. The first-order valence-corrected chi connectivity index (χ1v) is 11.7. The maximum Gasteiger partial charge on any atom is 0.256 e. The second kappa shape index (κ2) is 9.84. The lowest BCUT2D eigenvalue weighted by Gasteiger charge is -2.30. The SMILES string of the molecule is CC(CCc1ccccc1)N(Cc1ccc2ccccc2n1)C(=O)c1cccc2cccnc12. The molecule has 0 aliphatic rings. The summed E-state index contributed by atoms with van der Waals surface area (Å²) in [6.07, 6.45) is 3.51. The Morgan fingerprint density at radius 3 is 2.47 bits per heavy atom. The molecule has 0 spiro atoms. The second-order valence-corrected chi connectivity index (χ2v) is 8.68. The predicted molar refractivity (Wildman–Crippen MR) is 138 cm³/mol. The number of nitrogens with zero attached hydrogens (tertiary/aromatic N) is 3. The molecule has 0 aliphatic heterocycles. The van der Waals surface area contributed by atoms with E-state index in [9.17, 15) is 4.79 Å². The molecule has 2 aromatic heterocycles. The van der Waals surface area contributed by atoms with Gasteiger partial charge in [0, 0.05) is 23.0 Å². The normalized spacial score (nSPS) is 12.0. The molecule has 0 fully saturated rings. The standard InChI is InChI=1S/C30H27N3O/c1-22(16-17-23-9-3-2-4-10-23)33(21-26-19-18-24-11-5-6-15-28(24)32-26)30(34)27-14-7-12-25-13-8-20-31-29(25)27/h2-15,18-20,22H,16-17,21H2,1H3. The Morgan fingerprint density at radius 1 is 0.824 bits per heavy atom. The number of para-hydroxylation sites is 2. The van der Waals surface area contributed by atoms with Crippen molar-refractivity contribution in [2.24, 2.45) is 0 Å². The summed E-state index contributed by atoms with van der Waals surface area (Å²) >= 11 is 0. The zero-order valence-electron chi connectivity index (χ0n) is 19.3. The van der Waals surface area contributed by atoms with E-state index in [-0.39, 0.29) is 11.9 Å². The van der Waals surface area contributed by atoms with Crippen molar-refractivity contribution in [3.05, 3.63) is 120 Å². The number of carbonyl (C=O) groups is 1. The third-order valence-corrected chi connectivity index (χ3v) is 6.34. The van der Waals surface area contributed by atoms with Crippen LogP contribution in [0.25, 0.3) is 21.8 Å². The molecule has 1 amide bonds. The summed E-state index contributed by atoms with van der Waals surface area (Å²) in [5.41, 5.74) is 4.47. The summed E-state index contributed by atoms with van der Waals surface area (Å²) in [5, 5.41) is 2.06. The van der Waals surface area contributed by atoms with E-state index in [2.05, 4.69) is 48.3 Å². The van der Waals surface area contributed by atoms with E-state index >= 15 is 0 Å². The number of fused-ring (bicyclic) bond motifs is 2. The Morgan fingerprint density at radius 2 is 1.59 bits per heavy atom. The van der Waals surface area contributed by atoms with Crippen molar-refractivity contribution in [1.29, 1.82) is 0 Å². The Kier molecular flexibility index (Phi) is 6.30. The number of amides is 1. The third kappa shape index (κ3) is 4.67. The largest absolute Gasteiger partial charge is 0.330 e. The molecular formula is C30H27N3O. The molecule has 1 atom stereocenters. The van der Waals surface area contributed by atoms with Gasteiger partial charge in [-0.2, -0.15) is 0 Å². The number of hydrogen-bond donors (Lipinski definition) is 0. The van der Waals surface area contributed by atoms with Gasteiger partial charge in [-0.1, -0.05) is 72.8 Å². The number of carbonyl (C=O) groups excluding carboxylic acids is 1. The van der Waals surface area contributed by atoms with E-state index < -0.39 is 0 Å². The molecule has 5 rings (SSSR count). The number of rotatable bonds is 7. The van der Waals surface area contributed by atoms with Crippen molar-refractivity contribution in [2.75, 3.05) is 0 Å². The third-order valence-electron chi connectivity index (χ3n) is 6.34. The highest BCUT2D eigenvalue weighted by atomic mass is 16.2. The van der Waals surface area contributed by atoms with Crippen LogP contribution in [0.4, 0.5) is 0 Å². The molecule has 0 aliphatic carbocycles. The first kappa shape index (κ1) is 21.8. The fourth-order valence-electron chi connectivity index (χ4n) is 4.41. The van der Waals surface area contributed by atoms with Gasteiger partial charge in [-0.3, -0.25) is 14.8 Å². The molecule has 168 valence electrons. The van der Waals surface area contributed by atoms with Gasteiger partial charge in [0.15, 0.2) is 0 Å². The van der Waals surface area contributed by atoms with Gasteiger partial charge < -0.3 is 4.90 Å². The highest BCUT2D eigenvalue weighted by molar-refractivity contribution is 6.05. The Balaban J connectivity index is 1.47. The fourth-order valence-corrected chi connectivity index (χ4v) is 4.41. The number of benzene rings is 3. The lowest BCUT2D eigenvalue weighted by molar-refractivity contribution is 0.0666. The average Bonchev–Trinajstić information content (AvgIpc) is 2.90. The summed E-state index contributed by atoms with van der Waals surface area (Å²) in [6, 6.07) is 32.3. The van der Waals surface area contributed by atoms with Crippen molar-refractivity contribution < 1.29 is 4.79 Å². The first-order chi connectivity index (χ1) is 16.7. The van der Waals surface area contributed by atoms with E-state index in [0.717, 1.165) is 40.3 Å². The summed E-state index contributed by atoms with van der Waals surface area (Å²) in [4.78, 5) is 25.3. The quantitative estimate of drug-likeness (QED) is 0.289. The van der Waals surface area contributed by atoms with E-state index in [4.69, 9.17) is 4.98 Å². The Labute approximate surface area is 199 Å². The highest BCUT2D eigenvalue weighted by Crippen LogP contribution is 2.22. The minimum Gasteiger partial charge on any atom is -0.330 e. The molecule has 0 N–H and O–H groups in total. The number of hydrogen-bond acceptors (Lipinski definition) is 3. The summed E-state index contributed by atoms with van der Waals surface area (Å²) in [6.45, 7) is 2.57.